The number of rotatable bonds is 5. The standard InChI is InChI=1S/C24H23N3O7/c1-24(2)12-20-23(21(28)13-24)17(14-4-6-15(7-5-14)26(30)31)11-22(29)25(20)18-9-8-16(34-3)10-19(18)27(32)33/h4-10,17H,11-13H2,1-3H3. The molecular weight excluding hydrogens is 442 g/mol. The molecule has 2 aromatic carbocycles. The van der Waals surface area contributed by atoms with Crippen LogP contribution in [-0.2, 0) is 9.59 Å². The zero-order valence-corrected chi connectivity index (χ0v) is 18.9. The Morgan fingerprint density at radius 2 is 1.68 bits per heavy atom. The van der Waals surface area contributed by atoms with Crippen molar-refractivity contribution in [3.63, 3.8) is 0 Å². The van der Waals surface area contributed by atoms with Gasteiger partial charge < -0.3 is 4.74 Å². The predicted octanol–water partition coefficient (Wildman–Crippen LogP) is 4.68. The summed E-state index contributed by atoms with van der Waals surface area (Å²) < 4.78 is 5.11. The van der Waals surface area contributed by atoms with E-state index in [-0.39, 0.29) is 47.3 Å². The van der Waals surface area contributed by atoms with Crippen LogP contribution < -0.4 is 9.64 Å². The fourth-order valence-corrected chi connectivity index (χ4v) is 4.77. The number of allylic oxidation sites excluding steroid dienone is 2. The van der Waals surface area contributed by atoms with Gasteiger partial charge in [0.15, 0.2) is 5.78 Å². The SMILES string of the molecule is COc1ccc(N2C(=O)CC(c3ccc([N+](=O)[O-])cc3)C3=C2CC(C)(C)CC3=O)c([N+](=O)[O-])c1. The predicted molar refractivity (Wildman–Crippen MR) is 123 cm³/mol. The zero-order valence-electron chi connectivity index (χ0n) is 18.9. The van der Waals surface area contributed by atoms with E-state index >= 15 is 0 Å². The molecule has 4 rings (SSSR count). The van der Waals surface area contributed by atoms with Crippen molar-refractivity contribution in [1.82, 2.24) is 0 Å². The Bertz CT molecular complexity index is 1250. The van der Waals surface area contributed by atoms with Gasteiger partial charge in [0.05, 0.1) is 23.0 Å². The third-order valence-corrected chi connectivity index (χ3v) is 6.27. The number of nitro groups is 2. The van der Waals surface area contributed by atoms with Crippen molar-refractivity contribution in [2.24, 2.45) is 5.41 Å². The highest BCUT2D eigenvalue weighted by molar-refractivity contribution is 6.08. The number of ketones is 1. The van der Waals surface area contributed by atoms with E-state index in [0.717, 1.165) is 0 Å². The van der Waals surface area contributed by atoms with Gasteiger partial charge in [-0.05, 0) is 29.5 Å². The van der Waals surface area contributed by atoms with Gasteiger partial charge in [-0.1, -0.05) is 26.0 Å². The van der Waals surface area contributed by atoms with E-state index in [1.807, 2.05) is 13.8 Å². The Hall–Kier alpha value is -4.08. The number of hydrogen-bond donors (Lipinski definition) is 0. The van der Waals surface area contributed by atoms with Gasteiger partial charge in [0.1, 0.15) is 11.4 Å². The number of carbonyl (C=O) groups excluding carboxylic acids is 2. The van der Waals surface area contributed by atoms with E-state index in [4.69, 9.17) is 4.74 Å². The van der Waals surface area contributed by atoms with Crippen molar-refractivity contribution in [1.29, 1.82) is 0 Å². The van der Waals surface area contributed by atoms with E-state index in [9.17, 15) is 29.8 Å². The Balaban J connectivity index is 1.91. The number of hydrogen-bond acceptors (Lipinski definition) is 7. The minimum atomic E-state index is -0.583. The number of nitro benzene ring substituents is 2. The number of anilines is 1. The molecule has 1 amide bonds. The summed E-state index contributed by atoms with van der Waals surface area (Å²) in [6, 6.07) is 10.0. The Labute approximate surface area is 195 Å². The lowest BCUT2D eigenvalue weighted by molar-refractivity contribution is -0.384. The van der Waals surface area contributed by atoms with Crippen LogP contribution in [0.3, 0.4) is 0 Å². The van der Waals surface area contributed by atoms with Gasteiger partial charge in [-0.25, -0.2) is 0 Å². The summed E-state index contributed by atoms with van der Waals surface area (Å²) >= 11 is 0. The molecule has 34 heavy (non-hydrogen) atoms. The average molecular weight is 465 g/mol. The lowest BCUT2D eigenvalue weighted by Gasteiger charge is -2.42. The van der Waals surface area contributed by atoms with Crippen LogP contribution >= 0.6 is 0 Å². The van der Waals surface area contributed by atoms with Crippen LogP contribution in [0.4, 0.5) is 17.1 Å². The molecule has 1 aliphatic carbocycles. The number of Topliss-reactive ketones (excluding diaryl/α,β-unsaturated/α-hetero) is 1. The molecule has 0 spiro atoms. The molecule has 2 aliphatic rings. The smallest absolute Gasteiger partial charge is 0.297 e. The molecule has 10 heteroatoms. The second-order valence-corrected chi connectivity index (χ2v) is 9.25. The number of non-ortho nitro benzene ring substituents is 1. The number of benzene rings is 2. The third kappa shape index (κ3) is 4.02. The zero-order chi connectivity index (χ0) is 24.8. The highest BCUT2D eigenvalue weighted by Gasteiger charge is 2.45. The van der Waals surface area contributed by atoms with E-state index in [0.29, 0.717) is 23.3 Å². The van der Waals surface area contributed by atoms with Crippen LogP contribution in [0.2, 0.25) is 0 Å². The van der Waals surface area contributed by atoms with Gasteiger partial charge in [0.2, 0.25) is 5.91 Å². The summed E-state index contributed by atoms with van der Waals surface area (Å²) in [7, 11) is 1.39. The molecule has 1 atom stereocenters. The van der Waals surface area contributed by atoms with Crippen LogP contribution in [0.1, 0.15) is 44.6 Å². The summed E-state index contributed by atoms with van der Waals surface area (Å²) in [5.74, 6) is -0.831. The van der Waals surface area contributed by atoms with Crippen molar-refractivity contribution in [3.05, 3.63) is 79.5 Å². The van der Waals surface area contributed by atoms with Gasteiger partial charge in [-0.3, -0.25) is 34.7 Å². The molecule has 1 aliphatic heterocycles. The minimum absolute atomic E-state index is 0.0796. The first-order valence-corrected chi connectivity index (χ1v) is 10.7. The van der Waals surface area contributed by atoms with Gasteiger partial charge in [-0.15, -0.1) is 0 Å². The van der Waals surface area contributed by atoms with Gasteiger partial charge >= 0.3 is 0 Å². The molecule has 1 heterocycles. The Morgan fingerprint density at radius 3 is 2.26 bits per heavy atom. The largest absolute Gasteiger partial charge is 0.496 e. The maximum Gasteiger partial charge on any atom is 0.297 e. The molecule has 0 fully saturated rings. The summed E-state index contributed by atoms with van der Waals surface area (Å²) in [6.07, 6.45) is 0.542. The maximum absolute atomic E-state index is 13.5. The number of ether oxygens (including phenoxy) is 1. The normalized spacial score (nSPS) is 19.6. The van der Waals surface area contributed by atoms with Crippen LogP contribution in [-0.4, -0.2) is 28.6 Å². The molecule has 2 aromatic rings. The summed E-state index contributed by atoms with van der Waals surface area (Å²) in [5, 5.41) is 22.9. The van der Waals surface area contributed by atoms with Crippen molar-refractivity contribution >= 4 is 28.8 Å². The topological polar surface area (TPSA) is 133 Å². The molecule has 0 saturated carbocycles. The van der Waals surface area contributed by atoms with Crippen molar-refractivity contribution in [3.8, 4) is 5.75 Å². The first-order chi connectivity index (χ1) is 16.0. The molecule has 0 aromatic heterocycles. The van der Waals surface area contributed by atoms with Crippen molar-refractivity contribution in [2.75, 3.05) is 12.0 Å². The van der Waals surface area contributed by atoms with E-state index in [1.54, 1.807) is 12.1 Å². The van der Waals surface area contributed by atoms with Crippen molar-refractivity contribution in [2.45, 2.75) is 39.0 Å². The Kier molecular flexibility index (Phi) is 5.68. The fraction of sp³-hybridized carbons (Fsp3) is 0.333. The number of carbonyl (C=O) groups is 2. The average Bonchev–Trinajstić information content (AvgIpc) is 2.77. The minimum Gasteiger partial charge on any atom is -0.496 e. The van der Waals surface area contributed by atoms with Crippen LogP contribution in [0.5, 0.6) is 5.75 Å². The van der Waals surface area contributed by atoms with Crippen molar-refractivity contribution < 1.29 is 24.2 Å². The quantitative estimate of drug-likeness (QED) is 0.462. The van der Waals surface area contributed by atoms with Gasteiger partial charge in [0, 0.05) is 42.2 Å². The molecular formula is C24H23N3O7. The molecule has 176 valence electrons. The number of nitrogens with zero attached hydrogens (tertiary/aromatic N) is 3. The summed E-state index contributed by atoms with van der Waals surface area (Å²) in [6.45, 7) is 3.82. The van der Waals surface area contributed by atoms with Gasteiger partial charge in [0.25, 0.3) is 11.4 Å². The van der Waals surface area contributed by atoms with Crippen LogP contribution in [0.15, 0.2) is 53.7 Å². The van der Waals surface area contributed by atoms with E-state index in [1.165, 1.54) is 42.3 Å². The van der Waals surface area contributed by atoms with E-state index in [2.05, 4.69) is 0 Å². The molecule has 0 saturated heterocycles. The van der Waals surface area contributed by atoms with Crippen LogP contribution in [0, 0.1) is 25.6 Å². The fourth-order valence-electron chi connectivity index (χ4n) is 4.77. The highest BCUT2D eigenvalue weighted by Crippen LogP contribution is 2.49. The second-order valence-electron chi connectivity index (χ2n) is 9.25. The van der Waals surface area contributed by atoms with Gasteiger partial charge in [-0.2, -0.15) is 0 Å². The van der Waals surface area contributed by atoms with E-state index < -0.39 is 21.2 Å². The highest BCUT2D eigenvalue weighted by atomic mass is 16.6. The molecule has 0 radical (unpaired) electrons. The third-order valence-electron chi connectivity index (χ3n) is 6.27. The molecule has 10 nitrogen and oxygen atoms in total. The Morgan fingerprint density at radius 1 is 1.00 bits per heavy atom. The number of amides is 1. The lowest BCUT2D eigenvalue weighted by atomic mass is 9.69. The second kappa shape index (κ2) is 8.36. The maximum atomic E-state index is 13.5. The molecule has 1 unspecified atom stereocenters. The summed E-state index contributed by atoms with van der Waals surface area (Å²) in [4.78, 5) is 49.9. The molecule has 0 bridgehead atoms. The summed E-state index contributed by atoms with van der Waals surface area (Å²) in [5.41, 5.74) is 0.717. The monoisotopic (exact) mass is 465 g/mol. The first-order valence-electron chi connectivity index (χ1n) is 10.7. The first kappa shape index (κ1) is 23.1. The molecule has 0 N–H and O–H groups in total. The van der Waals surface area contributed by atoms with Crippen LogP contribution in [0.25, 0.3) is 0 Å². The lowest BCUT2D eigenvalue weighted by Crippen LogP contribution is -2.44. The number of methoxy groups -OCH3 is 1.